The Morgan fingerprint density at radius 1 is 1.44 bits per heavy atom. The van der Waals surface area contributed by atoms with Crippen LogP contribution in [0.3, 0.4) is 0 Å². The third-order valence-corrected chi connectivity index (χ3v) is 2.34. The van der Waals surface area contributed by atoms with Crippen molar-refractivity contribution in [2.24, 2.45) is 0 Å². The molecule has 0 aliphatic heterocycles. The first kappa shape index (κ1) is 14.0. The number of nitrogens with one attached hydrogen (secondary N) is 1. The van der Waals surface area contributed by atoms with Gasteiger partial charge in [-0.05, 0) is 25.5 Å². The van der Waals surface area contributed by atoms with Crippen molar-refractivity contribution in [3.8, 4) is 5.75 Å². The number of benzene rings is 1. The number of amides is 1. The normalized spacial score (nSPS) is 11.7. The summed E-state index contributed by atoms with van der Waals surface area (Å²) in [6, 6.07) is 5.40. The minimum Gasteiger partial charge on any atom is -0.410 e. The third kappa shape index (κ3) is 4.40. The van der Waals surface area contributed by atoms with Crippen LogP contribution in [0.15, 0.2) is 24.3 Å². The lowest BCUT2D eigenvalue weighted by atomic mass is 10.2. The van der Waals surface area contributed by atoms with E-state index in [-0.39, 0.29) is 17.5 Å². The highest BCUT2D eigenvalue weighted by atomic mass is 16.6. The van der Waals surface area contributed by atoms with E-state index in [9.17, 15) is 14.9 Å². The number of non-ortho nitro benzene ring substituents is 1. The molecule has 6 nitrogen and oxygen atoms in total. The van der Waals surface area contributed by atoms with E-state index in [1.807, 2.05) is 13.8 Å². The Labute approximate surface area is 105 Å². The lowest BCUT2D eigenvalue weighted by molar-refractivity contribution is -0.384. The summed E-state index contributed by atoms with van der Waals surface area (Å²) in [5.74, 6) is 0.279. The van der Waals surface area contributed by atoms with Gasteiger partial charge in [0.2, 0.25) is 0 Å². The molecule has 6 heteroatoms. The number of ether oxygens (including phenoxy) is 1. The van der Waals surface area contributed by atoms with E-state index < -0.39 is 11.0 Å². The van der Waals surface area contributed by atoms with Gasteiger partial charge in [-0.25, -0.2) is 4.79 Å². The largest absolute Gasteiger partial charge is 0.412 e. The van der Waals surface area contributed by atoms with E-state index in [1.165, 1.54) is 24.3 Å². The Bertz CT molecular complexity index is 417. The van der Waals surface area contributed by atoms with Gasteiger partial charge in [0.1, 0.15) is 5.75 Å². The molecular weight excluding hydrogens is 236 g/mol. The van der Waals surface area contributed by atoms with Gasteiger partial charge in [-0.2, -0.15) is 0 Å². The molecule has 1 rings (SSSR count). The van der Waals surface area contributed by atoms with Crippen molar-refractivity contribution in [1.29, 1.82) is 0 Å². The topological polar surface area (TPSA) is 81.5 Å². The summed E-state index contributed by atoms with van der Waals surface area (Å²) in [6.07, 6.45) is 1.29. The van der Waals surface area contributed by atoms with Crippen LogP contribution in [0.1, 0.15) is 26.7 Å². The molecule has 1 amide bonds. The molecule has 1 aromatic carbocycles. The van der Waals surface area contributed by atoms with E-state index >= 15 is 0 Å². The summed E-state index contributed by atoms with van der Waals surface area (Å²) in [5.41, 5.74) is -0.0397. The monoisotopic (exact) mass is 252 g/mol. The number of carbonyl (C=O) groups is 1. The SMILES string of the molecule is CCC[C@@H](C)NC(=O)Oc1ccc([N+](=O)[O-])cc1. The van der Waals surface area contributed by atoms with Gasteiger partial charge < -0.3 is 10.1 Å². The summed E-state index contributed by atoms with van der Waals surface area (Å²) in [4.78, 5) is 21.4. The first-order valence-corrected chi connectivity index (χ1v) is 5.75. The molecule has 0 aromatic heterocycles. The minimum atomic E-state index is -0.551. The molecule has 0 aliphatic carbocycles. The van der Waals surface area contributed by atoms with Gasteiger partial charge >= 0.3 is 6.09 Å². The summed E-state index contributed by atoms with van der Waals surface area (Å²) in [5, 5.41) is 13.1. The van der Waals surface area contributed by atoms with Crippen molar-refractivity contribution in [3.63, 3.8) is 0 Å². The standard InChI is InChI=1S/C12H16N2O4/c1-3-4-9(2)13-12(15)18-11-7-5-10(6-8-11)14(16)17/h5-9H,3-4H2,1-2H3,(H,13,15)/t9-/m1/s1. The second-order valence-electron chi connectivity index (χ2n) is 3.97. The molecule has 1 N–H and O–H groups in total. The van der Waals surface area contributed by atoms with Gasteiger partial charge in [0.15, 0.2) is 0 Å². The van der Waals surface area contributed by atoms with Crippen LogP contribution in [0.4, 0.5) is 10.5 Å². The van der Waals surface area contributed by atoms with Crippen LogP contribution in [0.2, 0.25) is 0 Å². The summed E-state index contributed by atoms with van der Waals surface area (Å²) < 4.78 is 4.99. The van der Waals surface area contributed by atoms with Gasteiger partial charge in [0, 0.05) is 18.2 Å². The highest BCUT2D eigenvalue weighted by molar-refractivity contribution is 5.70. The predicted octanol–water partition coefficient (Wildman–Crippen LogP) is 2.87. The van der Waals surface area contributed by atoms with E-state index in [0.29, 0.717) is 0 Å². The van der Waals surface area contributed by atoms with Gasteiger partial charge in [-0.15, -0.1) is 0 Å². The van der Waals surface area contributed by atoms with Gasteiger partial charge in [-0.1, -0.05) is 13.3 Å². The molecule has 0 spiro atoms. The van der Waals surface area contributed by atoms with Crippen molar-refractivity contribution >= 4 is 11.8 Å². The zero-order valence-corrected chi connectivity index (χ0v) is 10.4. The quantitative estimate of drug-likeness (QED) is 0.645. The van der Waals surface area contributed by atoms with E-state index in [4.69, 9.17) is 4.74 Å². The fourth-order valence-electron chi connectivity index (χ4n) is 1.48. The molecular formula is C12H16N2O4. The summed E-state index contributed by atoms with van der Waals surface area (Å²) in [6.45, 7) is 3.92. The Balaban J connectivity index is 2.51. The Kier molecular flexibility index (Phi) is 5.10. The van der Waals surface area contributed by atoms with Crippen LogP contribution in [-0.2, 0) is 0 Å². The number of hydrogen-bond donors (Lipinski definition) is 1. The molecule has 1 atom stereocenters. The van der Waals surface area contributed by atoms with E-state index in [2.05, 4.69) is 5.32 Å². The Morgan fingerprint density at radius 2 is 2.06 bits per heavy atom. The number of rotatable bonds is 5. The molecule has 1 aromatic rings. The average molecular weight is 252 g/mol. The number of nitro benzene ring substituents is 1. The molecule has 0 saturated heterocycles. The maximum Gasteiger partial charge on any atom is 0.412 e. The molecule has 0 bridgehead atoms. The van der Waals surface area contributed by atoms with Crippen molar-refractivity contribution in [2.75, 3.05) is 0 Å². The van der Waals surface area contributed by atoms with Crippen molar-refractivity contribution in [2.45, 2.75) is 32.7 Å². The van der Waals surface area contributed by atoms with Crippen LogP contribution in [0.25, 0.3) is 0 Å². The molecule has 0 unspecified atom stereocenters. The van der Waals surface area contributed by atoms with Crippen LogP contribution >= 0.6 is 0 Å². The third-order valence-electron chi connectivity index (χ3n) is 2.34. The highest BCUT2D eigenvalue weighted by Gasteiger charge is 2.10. The molecule has 0 radical (unpaired) electrons. The van der Waals surface area contributed by atoms with Crippen molar-refractivity contribution < 1.29 is 14.5 Å². The van der Waals surface area contributed by atoms with E-state index in [1.54, 1.807) is 0 Å². The van der Waals surface area contributed by atoms with E-state index in [0.717, 1.165) is 12.8 Å². The van der Waals surface area contributed by atoms with Gasteiger partial charge in [0.05, 0.1) is 4.92 Å². The second kappa shape index (κ2) is 6.58. The first-order chi connectivity index (χ1) is 8.52. The molecule has 18 heavy (non-hydrogen) atoms. The molecule has 0 fully saturated rings. The van der Waals surface area contributed by atoms with Crippen LogP contribution in [-0.4, -0.2) is 17.1 Å². The number of carbonyl (C=O) groups excluding carboxylic acids is 1. The lowest BCUT2D eigenvalue weighted by Crippen LogP contribution is -2.34. The number of nitrogens with zero attached hydrogens (tertiary/aromatic N) is 1. The van der Waals surface area contributed by atoms with Gasteiger partial charge in [-0.3, -0.25) is 10.1 Å². The Morgan fingerprint density at radius 3 is 2.56 bits per heavy atom. The van der Waals surface area contributed by atoms with Gasteiger partial charge in [0.25, 0.3) is 5.69 Å². The molecule has 98 valence electrons. The predicted molar refractivity (Wildman–Crippen MR) is 66.6 cm³/mol. The molecule has 0 saturated carbocycles. The summed E-state index contributed by atoms with van der Waals surface area (Å²) in [7, 11) is 0. The first-order valence-electron chi connectivity index (χ1n) is 5.75. The number of nitro groups is 1. The fraction of sp³-hybridized carbons (Fsp3) is 0.417. The van der Waals surface area contributed by atoms with Crippen LogP contribution < -0.4 is 10.1 Å². The van der Waals surface area contributed by atoms with Crippen LogP contribution in [0, 0.1) is 10.1 Å². The van der Waals surface area contributed by atoms with Crippen LogP contribution in [0.5, 0.6) is 5.75 Å². The number of hydrogen-bond acceptors (Lipinski definition) is 4. The Hall–Kier alpha value is -2.11. The molecule has 0 aliphatic rings. The minimum absolute atomic E-state index is 0.0397. The van der Waals surface area contributed by atoms with Crippen molar-refractivity contribution in [3.05, 3.63) is 34.4 Å². The zero-order valence-electron chi connectivity index (χ0n) is 10.4. The second-order valence-corrected chi connectivity index (χ2v) is 3.97. The fourth-order valence-corrected chi connectivity index (χ4v) is 1.48. The van der Waals surface area contributed by atoms with Crippen molar-refractivity contribution in [1.82, 2.24) is 5.32 Å². The summed E-state index contributed by atoms with van der Waals surface area (Å²) >= 11 is 0. The molecule has 0 heterocycles. The maximum atomic E-state index is 11.4. The average Bonchev–Trinajstić information content (AvgIpc) is 2.29. The maximum absolute atomic E-state index is 11.4. The lowest BCUT2D eigenvalue weighted by Gasteiger charge is -2.12. The smallest absolute Gasteiger partial charge is 0.410 e. The highest BCUT2D eigenvalue weighted by Crippen LogP contribution is 2.17. The zero-order chi connectivity index (χ0) is 13.5.